The highest BCUT2D eigenvalue weighted by Gasteiger charge is 2.55. The lowest BCUT2D eigenvalue weighted by Crippen LogP contribution is -2.67. The number of benzene rings is 2. The Morgan fingerprint density at radius 1 is 0.698 bits per heavy atom. The van der Waals surface area contributed by atoms with Gasteiger partial charge in [-0.2, -0.15) is 0 Å². The molecule has 53 heavy (non-hydrogen) atoms. The number of rotatable bonds is 16. The molecule has 2 heterocycles. The molecular weight excluding hydrogens is 693 g/mol. The lowest BCUT2D eigenvalue weighted by molar-refractivity contribution is -0.180. The van der Waals surface area contributed by atoms with Gasteiger partial charge < -0.3 is 48.2 Å². The molecule has 2 aromatic carbocycles. The first-order valence-electron chi connectivity index (χ1n) is 18.4. The van der Waals surface area contributed by atoms with E-state index in [1.54, 1.807) is 47.0 Å². The van der Waals surface area contributed by atoms with Crippen LogP contribution in [0.2, 0.25) is 5.04 Å². The van der Waals surface area contributed by atoms with E-state index < -0.39 is 67.7 Å². The van der Waals surface area contributed by atoms with Crippen molar-refractivity contribution in [3.05, 3.63) is 86.0 Å². The maximum atomic E-state index is 11.2. The van der Waals surface area contributed by atoms with Gasteiger partial charge in [-0.05, 0) is 69.8 Å². The summed E-state index contributed by atoms with van der Waals surface area (Å²) in [7, 11) is 0.346. The van der Waals surface area contributed by atoms with Crippen molar-refractivity contribution in [2.24, 2.45) is 0 Å². The van der Waals surface area contributed by atoms with Gasteiger partial charge in [0.25, 0.3) is 8.32 Å². The van der Waals surface area contributed by atoms with Gasteiger partial charge in [-0.3, -0.25) is 0 Å². The van der Waals surface area contributed by atoms with Crippen LogP contribution in [0.15, 0.2) is 86.0 Å². The quantitative estimate of drug-likeness (QED) is 0.154. The van der Waals surface area contributed by atoms with Gasteiger partial charge in [-0.1, -0.05) is 93.6 Å². The molecule has 0 saturated carbocycles. The third kappa shape index (κ3) is 10.7. The molecule has 2 saturated heterocycles. The Kier molecular flexibility index (Phi) is 15.4. The van der Waals surface area contributed by atoms with E-state index in [4.69, 9.17) is 32.8 Å². The molecule has 0 aromatic heterocycles. The van der Waals surface area contributed by atoms with Crippen LogP contribution in [0.5, 0.6) is 0 Å². The van der Waals surface area contributed by atoms with Gasteiger partial charge in [-0.25, -0.2) is 0 Å². The molecule has 2 fully saturated rings. The Balaban J connectivity index is 0.000000353. The number of hydrogen-bond acceptors (Lipinski definition) is 10. The van der Waals surface area contributed by atoms with Crippen molar-refractivity contribution in [3.63, 3.8) is 0 Å². The van der Waals surface area contributed by atoms with Crippen molar-refractivity contribution in [1.29, 1.82) is 0 Å². The molecule has 2 aromatic rings. The van der Waals surface area contributed by atoms with E-state index in [-0.39, 0.29) is 11.6 Å². The highest BCUT2D eigenvalue weighted by Crippen LogP contribution is 2.40. The highest BCUT2D eigenvalue weighted by atomic mass is 28.4. The van der Waals surface area contributed by atoms with Gasteiger partial charge in [0.15, 0.2) is 11.6 Å². The monoisotopic (exact) mass is 758 g/mol. The zero-order chi connectivity index (χ0) is 39.9. The molecule has 3 N–H and O–H groups in total. The summed E-state index contributed by atoms with van der Waals surface area (Å²) >= 11 is 0. The van der Waals surface area contributed by atoms with E-state index in [0.29, 0.717) is 19.4 Å². The second kappa shape index (κ2) is 18.1. The minimum atomic E-state index is -2.75. The van der Waals surface area contributed by atoms with Crippen LogP contribution < -0.4 is 10.4 Å². The maximum Gasteiger partial charge on any atom is 0.261 e. The summed E-state index contributed by atoms with van der Waals surface area (Å²) in [4.78, 5) is 0. The van der Waals surface area contributed by atoms with E-state index in [2.05, 4.69) is 82.5 Å². The number of aliphatic hydroxyl groups excluding tert-OH is 1. The zero-order valence-corrected chi connectivity index (χ0v) is 34.8. The van der Waals surface area contributed by atoms with Gasteiger partial charge in [0.05, 0.1) is 24.4 Å². The molecule has 0 radical (unpaired) electrons. The first-order valence-corrected chi connectivity index (χ1v) is 20.4. The van der Waals surface area contributed by atoms with Crippen LogP contribution in [0, 0.1) is 0 Å². The summed E-state index contributed by atoms with van der Waals surface area (Å²) in [6.07, 6.45) is 0.867. The minimum absolute atomic E-state index is 0.158. The van der Waals surface area contributed by atoms with Gasteiger partial charge in [0.2, 0.25) is 0 Å². The molecular formula is C42H66O10Si. The van der Waals surface area contributed by atoms with E-state index in [0.717, 1.165) is 0 Å². The lowest BCUT2D eigenvalue weighted by Gasteiger charge is -2.44. The Labute approximate surface area is 319 Å². The summed E-state index contributed by atoms with van der Waals surface area (Å²) in [6.45, 7) is 25.0. The van der Waals surface area contributed by atoms with E-state index in [9.17, 15) is 15.3 Å². The Hall–Kier alpha value is -2.26. The third-order valence-corrected chi connectivity index (χ3v) is 15.0. The van der Waals surface area contributed by atoms with Crippen LogP contribution in [0.4, 0.5) is 0 Å². The summed E-state index contributed by atoms with van der Waals surface area (Å²) in [5, 5.41) is 33.2. The first kappa shape index (κ1) is 45.1. The fourth-order valence-electron chi connectivity index (χ4n) is 7.78. The first-order chi connectivity index (χ1) is 24.6. The molecule has 10 nitrogen and oxygen atoms in total. The average molecular weight is 759 g/mol. The molecule has 4 rings (SSSR count). The fourth-order valence-corrected chi connectivity index (χ4v) is 12.3. The van der Waals surface area contributed by atoms with Gasteiger partial charge in [0, 0.05) is 14.2 Å². The Morgan fingerprint density at radius 2 is 1.08 bits per heavy atom. The second-order valence-corrected chi connectivity index (χ2v) is 20.8. The SMILES string of the molecule is C=CC[C@](C)(O)[C@H](OC)[C@H]1OC(C)(C)O[C@H]1CO.C=CC[C@](C)(O)[C@H](OC)[C@H]1OC(C)(C)O[C@H]1CO[Si](c1ccccc1)(c1ccccc1)C(C)(C)C. The van der Waals surface area contributed by atoms with Crippen molar-refractivity contribution < 1.29 is 48.2 Å². The Morgan fingerprint density at radius 3 is 1.42 bits per heavy atom. The molecule has 11 heteroatoms. The molecule has 0 spiro atoms. The smallest absolute Gasteiger partial charge is 0.261 e. The third-order valence-electron chi connectivity index (χ3n) is 9.95. The van der Waals surface area contributed by atoms with Crippen molar-refractivity contribution in [2.75, 3.05) is 27.4 Å². The van der Waals surface area contributed by atoms with Crippen LogP contribution in [0.3, 0.4) is 0 Å². The van der Waals surface area contributed by atoms with E-state index in [1.165, 1.54) is 17.5 Å². The average Bonchev–Trinajstić information content (AvgIpc) is 3.55. The molecule has 2 aliphatic rings. The summed E-state index contributed by atoms with van der Waals surface area (Å²) in [5.41, 5.74) is -2.29. The van der Waals surface area contributed by atoms with E-state index >= 15 is 0 Å². The van der Waals surface area contributed by atoms with Crippen molar-refractivity contribution in [1.82, 2.24) is 0 Å². The summed E-state index contributed by atoms with van der Waals surface area (Å²) in [5.74, 6) is -1.62. The van der Waals surface area contributed by atoms with Gasteiger partial charge in [-0.15, -0.1) is 13.2 Å². The predicted octanol–water partition coefficient (Wildman–Crippen LogP) is 5.27. The molecule has 0 bridgehead atoms. The largest absolute Gasteiger partial charge is 0.405 e. The topological polar surface area (TPSA) is 125 Å². The number of hydrogen-bond donors (Lipinski definition) is 3. The molecule has 8 atom stereocenters. The normalized spacial score (nSPS) is 26.0. The van der Waals surface area contributed by atoms with Gasteiger partial charge in [0.1, 0.15) is 36.6 Å². The minimum Gasteiger partial charge on any atom is -0.405 e. The fraction of sp³-hybridized carbons (Fsp3) is 0.619. The number of aliphatic hydroxyl groups is 3. The standard InChI is InChI=1S/C29H42O5Si.C13H24O5/c1-9-20-29(7,30)26(31-8)25-24(33-28(5,6)34-25)21-32-35(27(2,3)4,22-16-12-10-13-17-22)23-18-14-11-15-19-23;1-6-7-13(4,15)11(16-5)10-9(8-14)17-12(2,3)18-10/h9-19,24-26,30H,1,20-21H2,2-8H3;6,9-11,14-15H,1,7-8H2,2-5H3/t24-,25-,26+,29-;9-,10-,11+,13-/m00/s1. The van der Waals surface area contributed by atoms with Crippen molar-refractivity contribution in [3.8, 4) is 0 Å². The zero-order valence-electron chi connectivity index (χ0n) is 33.8. The predicted molar refractivity (Wildman–Crippen MR) is 211 cm³/mol. The van der Waals surface area contributed by atoms with Crippen LogP contribution in [0.25, 0.3) is 0 Å². The lowest BCUT2D eigenvalue weighted by atomic mass is 9.89. The molecule has 0 amide bonds. The van der Waals surface area contributed by atoms with E-state index in [1.807, 2.05) is 26.0 Å². The van der Waals surface area contributed by atoms with Crippen molar-refractivity contribution >= 4 is 18.7 Å². The van der Waals surface area contributed by atoms with Crippen LogP contribution in [-0.2, 0) is 32.8 Å². The van der Waals surface area contributed by atoms with Crippen LogP contribution >= 0.6 is 0 Å². The number of ether oxygens (including phenoxy) is 6. The van der Waals surface area contributed by atoms with Crippen molar-refractivity contribution in [2.45, 2.75) is 140 Å². The number of methoxy groups -OCH3 is 2. The molecule has 0 aliphatic carbocycles. The highest BCUT2D eigenvalue weighted by molar-refractivity contribution is 6.99. The summed E-state index contributed by atoms with van der Waals surface area (Å²) in [6, 6.07) is 21.0. The maximum absolute atomic E-state index is 11.2. The van der Waals surface area contributed by atoms with Crippen LogP contribution in [0.1, 0.15) is 75.2 Å². The van der Waals surface area contributed by atoms with Gasteiger partial charge >= 0.3 is 0 Å². The molecule has 0 unspecified atom stereocenters. The summed E-state index contributed by atoms with van der Waals surface area (Å²) < 4.78 is 42.3. The Bertz CT molecular complexity index is 1380. The molecule has 2 aliphatic heterocycles. The second-order valence-electron chi connectivity index (χ2n) is 16.4. The molecule has 298 valence electrons. The van der Waals surface area contributed by atoms with Crippen LogP contribution in [-0.4, -0.2) is 110 Å².